The molecule has 2 rings (SSSR count). The summed E-state index contributed by atoms with van der Waals surface area (Å²) < 4.78 is 15.3. The second-order valence-corrected chi connectivity index (χ2v) is 4.45. The molecule has 0 fully saturated rings. The van der Waals surface area contributed by atoms with Crippen molar-refractivity contribution in [3.05, 3.63) is 47.5 Å². The molecule has 0 spiro atoms. The SMILES string of the molecule is COC(=O)c1ccc(-c2cccc(C=O)c2OC)cc1OC. The van der Waals surface area contributed by atoms with Crippen molar-refractivity contribution in [3.63, 3.8) is 0 Å². The van der Waals surface area contributed by atoms with Crippen molar-refractivity contribution in [2.24, 2.45) is 0 Å². The Balaban J connectivity index is 2.59. The molecule has 0 bridgehead atoms. The molecule has 114 valence electrons. The van der Waals surface area contributed by atoms with Crippen molar-refractivity contribution in [1.29, 1.82) is 0 Å². The maximum absolute atomic E-state index is 11.7. The van der Waals surface area contributed by atoms with Gasteiger partial charge in [0.2, 0.25) is 0 Å². The van der Waals surface area contributed by atoms with E-state index in [4.69, 9.17) is 14.2 Å². The predicted octanol–water partition coefficient (Wildman–Crippen LogP) is 2.97. The van der Waals surface area contributed by atoms with Gasteiger partial charge in [-0.1, -0.05) is 18.2 Å². The number of esters is 1. The largest absolute Gasteiger partial charge is 0.496 e. The summed E-state index contributed by atoms with van der Waals surface area (Å²) in [6.45, 7) is 0. The summed E-state index contributed by atoms with van der Waals surface area (Å²) in [5, 5.41) is 0. The van der Waals surface area contributed by atoms with Crippen molar-refractivity contribution in [2.75, 3.05) is 21.3 Å². The molecule has 0 radical (unpaired) electrons. The Kier molecular flexibility index (Phi) is 4.78. The normalized spacial score (nSPS) is 9.95. The highest BCUT2D eigenvalue weighted by Crippen LogP contribution is 2.35. The molecule has 22 heavy (non-hydrogen) atoms. The number of methoxy groups -OCH3 is 3. The van der Waals surface area contributed by atoms with E-state index in [2.05, 4.69) is 0 Å². The first-order chi connectivity index (χ1) is 10.7. The van der Waals surface area contributed by atoms with Gasteiger partial charge in [-0.15, -0.1) is 0 Å². The average Bonchev–Trinajstić information content (AvgIpc) is 2.59. The first-order valence-electron chi connectivity index (χ1n) is 6.55. The highest BCUT2D eigenvalue weighted by Gasteiger charge is 2.16. The van der Waals surface area contributed by atoms with Gasteiger partial charge in [0.15, 0.2) is 6.29 Å². The average molecular weight is 300 g/mol. The lowest BCUT2D eigenvalue weighted by Gasteiger charge is -2.13. The van der Waals surface area contributed by atoms with Crippen LogP contribution < -0.4 is 9.47 Å². The Hall–Kier alpha value is -2.82. The van der Waals surface area contributed by atoms with E-state index in [1.165, 1.54) is 21.3 Å². The summed E-state index contributed by atoms with van der Waals surface area (Å²) >= 11 is 0. The fraction of sp³-hybridized carbons (Fsp3) is 0.176. The minimum atomic E-state index is -0.475. The van der Waals surface area contributed by atoms with Crippen LogP contribution in [0.2, 0.25) is 0 Å². The molecule has 0 unspecified atom stereocenters. The van der Waals surface area contributed by atoms with Gasteiger partial charge < -0.3 is 14.2 Å². The van der Waals surface area contributed by atoms with Crippen LogP contribution in [0.4, 0.5) is 0 Å². The fourth-order valence-corrected chi connectivity index (χ4v) is 2.24. The minimum absolute atomic E-state index is 0.333. The van der Waals surface area contributed by atoms with E-state index in [1.54, 1.807) is 30.3 Å². The Bertz CT molecular complexity index is 706. The van der Waals surface area contributed by atoms with Crippen LogP contribution in [0.1, 0.15) is 20.7 Å². The third kappa shape index (κ3) is 2.79. The molecule has 0 aromatic heterocycles. The lowest BCUT2D eigenvalue weighted by molar-refractivity contribution is 0.0597. The number of ether oxygens (including phenoxy) is 3. The van der Waals surface area contributed by atoms with Gasteiger partial charge in [-0.25, -0.2) is 4.79 Å². The Morgan fingerprint density at radius 1 is 1.05 bits per heavy atom. The van der Waals surface area contributed by atoms with Crippen LogP contribution in [0.15, 0.2) is 36.4 Å². The molecule has 0 amide bonds. The van der Waals surface area contributed by atoms with Gasteiger partial charge in [-0.2, -0.15) is 0 Å². The Morgan fingerprint density at radius 3 is 2.41 bits per heavy atom. The molecule has 0 aliphatic heterocycles. The lowest BCUT2D eigenvalue weighted by Crippen LogP contribution is -2.04. The molecule has 2 aromatic rings. The van der Waals surface area contributed by atoms with Crippen LogP contribution in [0.25, 0.3) is 11.1 Å². The molecule has 0 atom stereocenters. The second-order valence-electron chi connectivity index (χ2n) is 4.45. The third-order valence-corrected chi connectivity index (χ3v) is 3.29. The molecule has 5 nitrogen and oxygen atoms in total. The van der Waals surface area contributed by atoms with Crippen molar-refractivity contribution in [1.82, 2.24) is 0 Å². The first kappa shape index (κ1) is 15.6. The van der Waals surface area contributed by atoms with E-state index in [9.17, 15) is 9.59 Å². The molecule has 2 aromatic carbocycles. The van der Waals surface area contributed by atoms with Crippen LogP contribution in [0, 0.1) is 0 Å². The van der Waals surface area contributed by atoms with Crippen molar-refractivity contribution in [2.45, 2.75) is 0 Å². The lowest BCUT2D eigenvalue weighted by atomic mass is 10.00. The first-order valence-corrected chi connectivity index (χ1v) is 6.55. The van der Waals surface area contributed by atoms with Gasteiger partial charge in [0.05, 0.1) is 26.9 Å². The van der Waals surface area contributed by atoms with Crippen molar-refractivity contribution >= 4 is 12.3 Å². The molecule has 0 heterocycles. The summed E-state index contributed by atoms with van der Waals surface area (Å²) in [6, 6.07) is 10.4. The van der Waals surface area contributed by atoms with Gasteiger partial charge in [-0.05, 0) is 23.8 Å². The van der Waals surface area contributed by atoms with Gasteiger partial charge in [0, 0.05) is 5.56 Å². The summed E-state index contributed by atoms with van der Waals surface area (Å²) in [6.07, 6.45) is 0.738. The summed E-state index contributed by atoms with van der Waals surface area (Å²) in [4.78, 5) is 22.8. The summed E-state index contributed by atoms with van der Waals surface area (Å²) in [5.41, 5.74) is 2.29. The number of rotatable bonds is 5. The molecule has 0 saturated heterocycles. The van der Waals surface area contributed by atoms with E-state index >= 15 is 0 Å². The van der Waals surface area contributed by atoms with Crippen molar-refractivity contribution in [3.8, 4) is 22.6 Å². The highest BCUT2D eigenvalue weighted by molar-refractivity contribution is 5.94. The molecule has 0 aliphatic carbocycles. The molecule has 0 N–H and O–H groups in total. The zero-order valence-electron chi connectivity index (χ0n) is 12.6. The fourth-order valence-electron chi connectivity index (χ4n) is 2.24. The number of hydrogen-bond donors (Lipinski definition) is 0. The van der Waals surface area contributed by atoms with E-state index in [0.717, 1.165) is 17.4 Å². The van der Waals surface area contributed by atoms with Crippen LogP contribution in [0.3, 0.4) is 0 Å². The molecule has 0 aliphatic rings. The predicted molar refractivity (Wildman–Crippen MR) is 81.7 cm³/mol. The number of hydrogen-bond acceptors (Lipinski definition) is 5. The second kappa shape index (κ2) is 6.76. The smallest absolute Gasteiger partial charge is 0.341 e. The van der Waals surface area contributed by atoms with E-state index in [0.29, 0.717) is 22.6 Å². The van der Waals surface area contributed by atoms with Crippen LogP contribution >= 0.6 is 0 Å². The maximum Gasteiger partial charge on any atom is 0.341 e. The van der Waals surface area contributed by atoms with E-state index in [1.807, 2.05) is 6.07 Å². The Morgan fingerprint density at radius 2 is 1.82 bits per heavy atom. The number of benzene rings is 2. The Labute approximate surface area is 128 Å². The van der Waals surface area contributed by atoms with Gasteiger partial charge >= 0.3 is 5.97 Å². The number of para-hydroxylation sites is 1. The van der Waals surface area contributed by atoms with Crippen molar-refractivity contribution < 1.29 is 23.8 Å². The van der Waals surface area contributed by atoms with E-state index in [-0.39, 0.29) is 0 Å². The standard InChI is InChI=1S/C17H16O5/c1-20-15-9-11(7-8-14(15)17(19)22-3)13-6-4-5-12(10-18)16(13)21-2/h4-10H,1-3H3. The van der Waals surface area contributed by atoms with Crippen LogP contribution in [0.5, 0.6) is 11.5 Å². The maximum atomic E-state index is 11.7. The number of carbonyl (C=O) groups is 2. The molecular weight excluding hydrogens is 284 g/mol. The number of carbonyl (C=O) groups excluding carboxylic acids is 2. The zero-order chi connectivity index (χ0) is 16.1. The van der Waals surface area contributed by atoms with Gasteiger partial charge in [-0.3, -0.25) is 4.79 Å². The topological polar surface area (TPSA) is 61.8 Å². The molecule has 5 heteroatoms. The van der Waals surface area contributed by atoms with Crippen LogP contribution in [-0.2, 0) is 4.74 Å². The van der Waals surface area contributed by atoms with E-state index < -0.39 is 5.97 Å². The highest BCUT2D eigenvalue weighted by atomic mass is 16.5. The van der Waals surface area contributed by atoms with Gasteiger partial charge in [0.1, 0.15) is 17.1 Å². The number of aldehydes is 1. The van der Waals surface area contributed by atoms with Crippen LogP contribution in [-0.4, -0.2) is 33.6 Å². The molecular formula is C17H16O5. The zero-order valence-corrected chi connectivity index (χ0v) is 12.6. The third-order valence-electron chi connectivity index (χ3n) is 3.29. The molecule has 0 saturated carbocycles. The summed E-state index contributed by atoms with van der Waals surface area (Å²) in [7, 11) is 4.29. The quantitative estimate of drug-likeness (QED) is 0.627. The minimum Gasteiger partial charge on any atom is -0.496 e. The summed E-state index contributed by atoms with van der Waals surface area (Å²) in [5.74, 6) is 0.394. The van der Waals surface area contributed by atoms with Gasteiger partial charge in [0.25, 0.3) is 0 Å². The monoisotopic (exact) mass is 300 g/mol.